The molecule has 2 fully saturated rings. The summed E-state index contributed by atoms with van der Waals surface area (Å²) in [7, 11) is 1.68. The molecular formula is C21H33N3O2. The molecule has 0 bridgehead atoms. The zero-order chi connectivity index (χ0) is 18.6. The number of carbonyl (C=O) groups is 1. The Morgan fingerprint density at radius 2 is 1.96 bits per heavy atom. The minimum absolute atomic E-state index is 0.0775. The zero-order valence-electron chi connectivity index (χ0n) is 16.2. The summed E-state index contributed by atoms with van der Waals surface area (Å²) >= 11 is 0. The van der Waals surface area contributed by atoms with Crippen LogP contribution in [-0.4, -0.2) is 43.1 Å². The summed E-state index contributed by atoms with van der Waals surface area (Å²) in [5, 5.41) is 3.22. The van der Waals surface area contributed by atoms with Crippen molar-refractivity contribution in [2.45, 2.75) is 57.0 Å². The van der Waals surface area contributed by atoms with Gasteiger partial charge in [0.1, 0.15) is 5.75 Å². The van der Waals surface area contributed by atoms with Crippen LogP contribution in [0.1, 0.15) is 57.1 Å². The van der Waals surface area contributed by atoms with E-state index in [0.717, 1.165) is 44.5 Å². The largest absolute Gasteiger partial charge is 0.497 e. The molecule has 1 saturated carbocycles. The van der Waals surface area contributed by atoms with Crippen LogP contribution in [0.5, 0.6) is 5.75 Å². The fourth-order valence-corrected chi connectivity index (χ4v) is 4.45. The van der Waals surface area contributed by atoms with Crippen molar-refractivity contribution in [2.24, 2.45) is 11.7 Å². The molecule has 144 valence electrons. The van der Waals surface area contributed by atoms with Crippen molar-refractivity contribution in [1.29, 1.82) is 0 Å². The topological polar surface area (TPSA) is 67.6 Å². The Morgan fingerprint density at radius 1 is 1.27 bits per heavy atom. The molecule has 5 nitrogen and oxygen atoms in total. The molecule has 3 N–H and O–H groups in total. The van der Waals surface area contributed by atoms with E-state index in [9.17, 15) is 4.79 Å². The normalized spacial score (nSPS) is 27.9. The number of nitrogens with one attached hydrogen (secondary N) is 1. The molecule has 0 spiro atoms. The monoisotopic (exact) mass is 359 g/mol. The second-order valence-electron chi connectivity index (χ2n) is 8.08. The lowest BCUT2D eigenvalue weighted by molar-refractivity contribution is -0.128. The van der Waals surface area contributed by atoms with Crippen molar-refractivity contribution in [3.05, 3.63) is 29.8 Å². The molecular weight excluding hydrogens is 326 g/mol. The van der Waals surface area contributed by atoms with Crippen molar-refractivity contribution in [3.8, 4) is 5.75 Å². The van der Waals surface area contributed by atoms with Crippen molar-refractivity contribution >= 4 is 5.91 Å². The summed E-state index contributed by atoms with van der Waals surface area (Å²) in [5.41, 5.74) is 7.25. The molecule has 3 atom stereocenters. The highest BCUT2D eigenvalue weighted by atomic mass is 16.5. The average molecular weight is 360 g/mol. The molecule has 3 rings (SSSR count). The summed E-state index contributed by atoms with van der Waals surface area (Å²) in [4.78, 5) is 15.3. The second-order valence-corrected chi connectivity index (χ2v) is 8.08. The average Bonchev–Trinajstić information content (AvgIpc) is 3.16. The van der Waals surface area contributed by atoms with E-state index in [-0.39, 0.29) is 23.4 Å². The first-order chi connectivity index (χ1) is 12.5. The summed E-state index contributed by atoms with van der Waals surface area (Å²) in [5.74, 6) is 0.901. The Kier molecular flexibility index (Phi) is 6.20. The third-order valence-electron chi connectivity index (χ3n) is 6.12. The molecule has 5 heteroatoms. The molecule has 1 saturated heterocycles. The first-order valence-corrected chi connectivity index (χ1v) is 9.96. The molecule has 26 heavy (non-hydrogen) atoms. The molecule has 1 aliphatic heterocycles. The summed E-state index contributed by atoms with van der Waals surface area (Å²) < 4.78 is 5.28. The predicted molar refractivity (Wildman–Crippen MR) is 104 cm³/mol. The maximum atomic E-state index is 12.8. The van der Waals surface area contributed by atoms with Gasteiger partial charge in [0.15, 0.2) is 0 Å². The highest BCUT2D eigenvalue weighted by molar-refractivity contribution is 5.80. The fourth-order valence-electron chi connectivity index (χ4n) is 4.45. The molecule has 1 aliphatic carbocycles. The van der Waals surface area contributed by atoms with Crippen LogP contribution in [0.3, 0.4) is 0 Å². The number of hydrogen-bond donors (Lipinski definition) is 2. The van der Waals surface area contributed by atoms with E-state index >= 15 is 0 Å². The van der Waals surface area contributed by atoms with Crippen LogP contribution in [0.15, 0.2) is 24.3 Å². The number of carbonyl (C=O) groups excluding carboxylic acids is 1. The number of amides is 1. The van der Waals surface area contributed by atoms with Gasteiger partial charge in [0.05, 0.1) is 19.1 Å². The Labute approximate surface area is 157 Å². The van der Waals surface area contributed by atoms with E-state index in [2.05, 4.69) is 22.3 Å². The van der Waals surface area contributed by atoms with Gasteiger partial charge < -0.3 is 15.8 Å². The van der Waals surface area contributed by atoms with E-state index in [4.69, 9.17) is 10.5 Å². The van der Waals surface area contributed by atoms with Crippen molar-refractivity contribution < 1.29 is 9.53 Å². The van der Waals surface area contributed by atoms with Gasteiger partial charge in [-0.25, -0.2) is 0 Å². The van der Waals surface area contributed by atoms with Crippen LogP contribution in [0.25, 0.3) is 0 Å². The fraction of sp³-hybridized carbons (Fsp3) is 0.667. The SMILES string of the molecule is COc1ccc(C(CNC(=O)C2CCCCC2(C)N)N2CCCC2)cc1. The third-order valence-corrected chi connectivity index (χ3v) is 6.12. The van der Waals surface area contributed by atoms with Crippen molar-refractivity contribution in [2.75, 3.05) is 26.7 Å². The molecule has 0 aromatic heterocycles. The van der Waals surface area contributed by atoms with Gasteiger partial charge in [0.2, 0.25) is 5.91 Å². The van der Waals surface area contributed by atoms with Gasteiger partial charge in [0.25, 0.3) is 0 Å². The lowest BCUT2D eigenvalue weighted by Crippen LogP contribution is -2.53. The van der Waals surface area contributed by atoms with Crippen LogP contribution in [0.4, 0.5) is 0 Å². The quantitative estimate of drug-likeness (QED) is 0.820. The molecule has 2 aliphatic rings. The van der Waals surface area contributed by atoms with E-state index in [1.807, 2.05) is 19.1 Å². The van der Waals surface area contributed by atoms with Crippen molar-refractivity contribution in [3.63, 3.8) is 0 Å². The number of nitrogens with two attached hydrogens (primary N) is 1. The minimum Gasteiger partial charge on any atom is -0.497 e. The minimum atomic E-state index is -0.383. The van der Waals surface area contributed by atoms with Crippen LogP contribution < -0.4 is 15.8 Å². The van der Waals surface area contributed by atoms with E-state index in [0.29, 0.717) is 6.54 Å². The summed E-state index contributed by atoms with van der Waals surface area (Å²) in [6.07, 6.45) is 6.50. The Morgan fingerprint density at radius 3 is 2.58 bits per heavy atom. The van der Waals surface area contributed by atoms with Crippen LogP contribution in [0.2, 0.25) is 0 Å². The first kappa shape index (κ1) is 19.2. The lowest BCUT2D eigenvalue weighted by atomic mass is 9.74. The second kappa shape index (κ2) is 8.40. The Balaban J connectivity index is 1.68. The van der Waals surface area contributed by atoms with Gasteiger partial charge in [-0.3, -0.25) is 9.69 Å². The lowest BCUT2D eigenvalue weighted by Gasteiger charge is -2.38. The van der Waals surface area contributed by atoms with Gasteiger partial charge >= 0.3 is 0 Å². The number of rotatable bonds is 6. The highest BCUT2D eigenvalue weighted by Crippen LogP contribution is 2.32. The number of likely N-dealkylation sites (tertiary alicyclic amines) is 1. The predicted octanol–water partition coefficient (Wildman–Crippen LogP) is 2.86. The van der Waals surface area contributed by atoms with Crippen LogP contribution >= 0.6 is 0 Å². The molecule has 1 aromatic carbocycles. The van der Waals surface area contributed by atoms with Crippen LogP contribution in [-0.2, 0) is 4.79 Å². The summed E-state index contributed by atoms with van der Waals surface area (Å²) in [6, 6.07) is 8.43. The van der Waals surface area contributed by atoms with E-state index in [1.165, 1.54) is 18.4 Å². The molecule has 1 amide bonds. The van der Waals surface area contributed by atoms with E-state index < -0.39 is 0 Å². The standard InChI is InChI=1S/C21H33N3O2/c1-21(22)12-4-3-7-18(21)20(25)23-15-19(24-13-5-6-14-24)16-8-10-17(26-2)11-9-16/h8-11,18-19H,3-7,12-15,22H2,1-2H3,(H,23,25). The molecule has 0 radical (unpaired) electrons. The number of nitrogens with zero attached hydrogens (tertiary/aromatic N) is 1. The van der Waals surface area contributed by atoms with Crippen molar-refractivity contribution in [1.82, 2.24) is 10.2 Å². The molecule has 3 unspecified atom stereocenters. The Bertz CT molecular complexity index is 594. The van der Waals surface area contributed by atoms with Crippen LogP contribution in [0, 0.1) is 5.92 Å². The summed E-state index contributed by atoms with van der Waals surface area (Å²) in [6.45, 7) is 4.84. The molecule has 1 aromatic rings. The van der Waals surface area contributed by atoms with Gasteiger partial charge in [0, 0.05) is 12.1 Å². The van der Waals surface area contributed by atoms with Gasteiger partial charge in [-0.05, 0) is 63.4 Å². The smallest absolute Gasteiger partial charge is 0.225 e. The number of ether oxygens (including phenoxy) is 1. The maximum Gasteiger partial charge on any atom is 0.225 e. The van der Waals surface area contributed by atoms with Gasteiger partial charge in [-0.1, -0.05) is 25.0 Å². The third kappa shape index (κ3) is 4.38. The number of hydrogen-bond acceptors (Lipinski definition) is 4. The van der Waals surface area contributed by atoms with Gasteiger partial charge in [-0.15, -0.1) is 0 Å². The maximum absolute atomic E-state index is 12.8. The Hall–Kier alpha value is -1.59. The van der Waals surface area contributed by atoms with E-state index in [1.54, 1.807) is 7.11 Å². The zero-order valence-corrected chi connectivity index (χ0v) is 16.2. The first-order valence-electron chi connectivity index (χ1n) is 9.96. The van der Waals surface area contributed by atoms with Gasteiger partial charge in [-0.2, -0.15) is 0 Å². The number of methoxy groups -OCH3 is 1. The molecule has 1 heterocycles. The highest BCUT2D eigenvalue weighted by Gasteiger charge is 2.38. The number of benzene rings is 1.